The molecule has 2 radical (unpaired) electrons. The van der Waals surface area contributed by atoms with Gasteiger partial charge in [0.05, 0.1) is 11.4 Å². The van der Waals surface area contributed by atoms with Gasteiger partial charge < -0.3 is 0 Å². The molecule has 0 fully saturated rings. The van der Waals surface area contributed by atoms with Gasteiger partial charge in [-0.3, -0.25) is 9.97 Å². The van der Waals surface area contributed by atoms with Crippen LogP contribution in [0, 0.1) is 0 Å². The second kappa shape index (κ2) is 11.5. The summed E-state index contributed by atoms with van der Waals surface area (Å²) in [5.74, 6) is 1.81. The molecule has 0 spiro atoms. The summed E-state index contributed by atoms with van der Waals surface area (Å²) in [6.07, 6.45) is 0. The summed E-state index contributed by atoms with van der Waals surface area (Å²) in [6.45, 7) is 17.8. The van der Waals surface area contributed by atoms with Crippen LogP contribution < -0.4 is 0 Å². The van der Waals surface area contributed by atoms with E-state index >= 15 is 0 Å². The molecule has 2 rings (SSSR count). The van der Waals surface area contributed by atoms with Crippen LogP contribution in [0.25, 0.3) is 11.4 Å². The van der Waals surface area contributed by atoms with Crippen LogP contribution in [0.3, 0.4) is 0 Å². The third-order valence-electron chi connectivity index (χ3n) is 4.51. The standard InChI is InChI=1S/C22H32N2.2Y/c1-13(2)17-9-19(15(5)6)23-21(11-17)22-12-18(14(3)4)10-20(24-22)16(7)8;;/h9-16H,1-8H3;;. The van der Waals surface area contributed by atoms with E-state index in [1.54, 1.807) is 0 Å². The van der Waals surface area contributed by atoms with Crippen LogP contribution in [0.4, 0.5) is 0 Å². The fraction of sp³-hybridized carbons (Fsp3) is 0.545. The Balaban J connectivity index is 0.00000312. The van der Waals surface area contributed by atoms with E-state index in [4.69, 9.17) is 9.97 Å². The molecule has 2 nitrogen and oxygen atoms in total. The van der Waals surface area contributed by atoms with Gasteiger partial charge in [-0.1, -0.05) is 55.4 Å². The first kappa shape index (κ1) is 26.5. The first-order valence-corrected chi connectivity index (χ1v) is 9.23. The summed E-state index contributed by atoms with van der Waals surface area (Å²) in [4.78, 5) is 9.85. The predicted octanol–water partition coefficient (Wildman–Crippen LogP) is 6.63. The number of pyridine rings is 2. The molecule has 0 aliphatic carbocycles. The molecule has 0 N–H and O–H groups in total. The van der Waals surface area contributed by atoms with Gasteiger partial charge in [0.25, 0.3) is 0 Å². The molecule has 0 saturated carbocycles. The Morgan fingerprint density at radius 3 is 1.04 bits per heavy atom. The SMILES string of the molecule is CC(C)c1cc(-c2cc(C(C)C)cc(C(C)C)n2)nc(C(C)C)c1.[Y].[Y]. The average molecular weight is 502 g/mol. The molecule has 0 saturated heterocycles. The minimum absolute atomic E-state index is 0. The van der Waals surface area contributed by atoms with Gasteiger partial charge in [-0.25, -0.2) is 0 Å². The van der Waals surface area contributed by atoms with Crippen molar-refractivity contribution in [1.29, 1.82) is 0 Å². The Morgan fingerprint density at radius 1 is 0.500 bits per heavy atom. The molecule has 26 heavy (non-hydrogen) atoms. The van der Waals surface area contributed by atoms with Crippen LogP contribution in [0.2, 0.25) is 0 Å². The molecule has 136 valence electrons. The zero-order chi connectivity index (χ0) is 18.0. The van der Waals surface area contributed by atoms with E-state index in [0.29, 0.717) is 23.7 Å². The van der Waals surface area contributed by atoms with E-state index in [2.05, 4.69) is 79.7 Å². The van der Waals surface area contributed by atoms with E-state index in [-0.39, 0.29) is 65.4 Å². The molecule has 4 heteroatoms. The van der Waals surface area contributed by atoms with Crippen molar-refractivity contribution in [2.24, 2.45) is 0 Å². The molecule has 0 aliphatic heterocycles. The third kappa shape index (κ3) is 6.84. The van der Waals surface area contributed by atoms with Crippen molar-refractivity contribution in [2.45, 2.75) is 79.1 Å². The topological polar surface area (TPSA) is 25.8 Å². The van der Waals surface area contributed by atoms with Crippen molar-refractivity contribution < 1.29 is 65.4 Å². The van der Waals surface area contributed by atoms with Crippen LogP contribution in [0.15, 0.2) is 24.3 Å². The van der Waals surface area contributed by atoms with Crippen LogP contribution in [-0.4, -0.2) is 9.97 Å². The minimum atomic E-state index is 0. The minimum Gasteiger partial charge on any atom is -0.251 e. The molecule has 0 aromatic carbocycles. The third-order valence-corrected chi connectivity index (χ3v) is 4.51. The van der Waals surface area contributed by atoms with Crippen molar-refractivity contribution in [3.63, 3.8) is 0 Å². The van der Waals surface area contributed by atoms with Crippen LogP contribution in [0.5, 0.6) is 0 Å². The molecule has 2 aromatic heterocycles. The molecule has 0 amide bonds. The average Bonchev–Trinajstić information content (AvgIpc) is 2.53. The number of hydrogen-bond donors (Lipinski definition) is 0. The van der Waals surface area contributed by atoms with Crippen molar-refractivity contribution in [3.8, 4) is 11.4 Å². The van der Waals surface area contributed by atoms with Gasteiger partial charge in [-0.05, 0) is 59.1 Å². The first-order chi connectivity index (χ1) is 11.2. The summed E-state index contributed by atoms with van der Waals surface area (Å²) in [5, 5.41) is 0. The summed E-state index contributed by atoms with van der Waals surface area (Å²) in [7, 11) is 0. The van der Waals surface area contributed by atoms with Crippen molar-refractivity contribution in [1.82, 2.24) is 9.97 Å². The van der Waals surface area contributed by atoms with Gasteiger partial charge >= 0.3 is 0 Å². The number of hydrogen-bond acceptors (Lipinski definition) is 2. The summed E-state index contributed by atoms with van der Waals surface area (Å²) < 4.78 is 0. The molecular formula is C22H32N2Y2. The molecular weight excluding hydrogens is 470 g/mol. The molecule has 0 bridgehead atoms. The van der Waals surface area contributed by atoms with E-state index < -0.39 is 0 Å². The van der Waals surface area contributed by atoms with Gasteiger partial charge in [-0.2, -0.15) is 0 Å². The molecule has 0 atom stereocenters. The quantitative estimate of drug-likeness (QED) is 0.459. The van der Waals surface area contributed by atoms with Crippen molar-refractivity contribution >= 4 is 0 Å². The van der Waals surface area contributed by atoms with Crippen LogP contribution in [0.1, 0.15) is 102 Å². The maximum Gasteiger partial charge on any atom is 0.0892 e. The zero-order valence-electron chi connectivity index (χ0n) is 17.7. The predicted molar refractivity (Wildman–Crippen MR) is 104 cm³/mol. The zero-order valence-corrected chi connectivity index (χ0v) is 23.3. The second-order valence-electron chi connectivity index (χ2n) is 8.04. The maximum absolute atomic E-state index is 4.92. The maximum atomic E-state index is 4.92. The van der Waals surface area contributed by atoms with Gasteiger partial charge in [0.1, 0.15) is 0 Å². The van der Waals surface area contributed by atoms with Crippen LogP contribution in [-0.2, 0) is 65.4 Å². The smallest absolute Gasteiger partial charge is 0.0892 e. The van der Waals surface area contributed by atoms with Gasteiger partial charge in [0.15, 0.2) is 0 Å². The second-order valence-corrected chi connectivity index (χ2v) is 8.04. The van der Waals surface area contributed by atoms with Crippen molar-refractivity contribution in [3.05, 3.63) is 46.8 Å². The fourth-order valence-electron chi connectivity index (χ4n) is 2.67. The largest absolute Gasteiger partial charge is 0.251 e. The Morgan fingerprint density at radius 2 is 0.808 bits per heavy atom. The number of aromatic nitrogens is 2. The monoisotopic (exact) mass is 502 g/mol. The Hall–Kier alpha value is 0.508. The van der Waals surface area contributed by atoms with E-state index in [0.717, 1.165) is 22.8 Å². The van der Waals surface area contributed by atoms with E-state index in [9.17, 15) is 0 Å². The summed E-state index contributed by atoms with van der Waals surface area (Å²) in [6, 6.07) is 8.92. The Kier molecular flexibility index (Phi) is 11.7. The van der Waals surface area contributed by atoms with E-state index in [1.807, 2.05) is 0 Å². The molecule has 0 aliphatic rings. The van der Waals surface area contributed by atoms with Gasteiger partial charge in [0, 0.05) is 76.8 Å². The normalized spacial score (nSPS) is 11.1. The van der Waals surface area contributed by atoms with Gasteiger partial charge in [-0.15, -0.1) is 0 Å². The summed E-state index contributed by atoms with van der Waals surface area (Å²) >= 11 is 0. The Labute approximate surface area is 210 Å². The first-order valence-electron chi connectivity index (χ1n) is 9.23. The fourth-order valence-corrected chi connectivity index (χ4v) is 2.67. The molecule has 2 aromatic rings. The molecule has 0 unspecified atom stereocenters. The number of nitrogens with zero attached hydrogens (tertiary/aromatic N) is 2. The van der Waals surface area contributed by atoms with Gasteiger partial charge in [0.2, 0.25) is 0 Å². The summed E-state index contributed by atoms with van der Waals surface area (Å²) in [5.41, 5.74) is 7.00. The number of rotatable bonds is 5. The van der Waals surface area contributed by atoms with Crippen molar-refractivity contribution in [2.75, 3.05) is 0 Å². The van der Waals surface area contributed by atoms with Crippen LogP contribution >= 0.6 is 0 Å². The molecule has 2 heterocycles. The van der Waals surface area contributed by atoms with E-state index in [1.165, 1.54) is 11.1 Å². The Bertz CT molecular complexity index is 593.